The zero-order valence-corrected chi connectivity index (χ0v) is 25.4. The third-order valence-corrected chi connectivity index (χ3v) is 8.52. The van der Waals surface area contributed by atoms with Crippen molar-refractivity contribution in [2.75, 3.05) is 33.4 Å². The number of nitrogens with one attached hydrogen (secondary N) is 3. The quantitative estimate of drug-likeness (QED) is 0.161. The number of nitrogens with two attached hydrogens (primary N) is 1. The molecular weight excluding hydrogens is 578 g/mol. The van der Waals surface area contributed by atoms with Crippen molar-refractivity contribution >= 4 is 29.4 Å². The average Bonchev–Trinajstić information content (AvgIpc) is 2.96. The van der Waals surface area contributed by atoms with E-state index in [9.17, 15) is 13.2 Å². The Kier molecular flexibility index (Phi) is 14.0. The van der Waals surface area contributed by atoms with Crippen LogP contribution in [0.3, 0.4) is 0 Å². The van der Waals surface area contributed by atoms with Gasteiger partial charge in [-0.3, -0.25) is 10.3 Å². The Morgan fingerprint density at radius 1 is 1.24 bits per heavy atom. The van der Waals surface area contributed by atoms with E-state index < -0.39 is 18.8 Å². The van der Waals surface area contributed by atoms with Crippen molar-refractivity contribution in [1.29, 1.82) is 0 Å². The Hall–Kier alpha value is -1.56. The van der Waals surface area contributed by atoms with Crippen molar-refractivity contribution in [1.82, 2.24) is 16.0 Å². The Morgan fingerprint density at radius 3 is 2.59 bits per heavy atom. The predicted octanol–water partition coefficient (Wildman–Crippen LogP) is 5.48. The number of hydrogen-bond donors (Lipinski definition) is 4. The Morgan fingerprint density at radius 2 is 1.95 bits per heavy atom. The molecule has 41 heavy (non-hydrogen) atoms. The highest BCUT2D eigenvalue weighted by Gasteiger charge is 2.39. The second-order valence-corrected chi connectivity index (χ2v) is 11.7. The highest BCUT2D eigenvalue weighted by molar-refractivity contribution is 6.34. The van der Waals surface area contributed by atoms with E-state index >= 15 is 0 Å². The van der Waals surface area contributed by atoms with Gasteiger partial charge in [-0.15, -0.1) is 0 Å². The SMILES string of the molecule is CCC(/C=C\C(Cl)=C(/N)C1=CC(NC2CCC(C=NC[C@@H](OC)C(F)(F)F)CC2)NC=C1Cl)NCC1CCOCC1. The van der Waals surface area contributed by atoms with E-state index in [1.54, 1.807) is 12.4 Å². The maximum atomic E-state index is 12.8. The number of hydrogen-bond acceptors (Lipinski definition) is 7. The second-order valence-electron chi connectivity index (χ2n) is 10.9. The molecule has 0 aromatic heterocycles. The minimum Gasteiger partial charge on any atom is -0.397 e. The highest BCUT2D eigenvalue weighted by atomic mass is 35.5. The maximum Gasteiger partial charge on any atom is 0.416 e. The molecule has 2 heterocycles. The van der Waals surface area contributed by atoms with Crippen LogP contribution in [0.5, 0.6) is 0 Å². The third-order valence-electron chi connectivity index (χ3n) is 7.88. The third kappa shape index (κ3) is 11.2. The summed E-state index contributed by atoms with van der Waals surface area (Å²) in [5.74, 6) is 0.784. The summed E-state index contributed by atoms with van der Waals surface area (Å²) in [5, 5.41) is 11.3. The van der Waals surface area contributed by atoms with Crippen LogP contribution >= 0.6 is 23.2 Å². The highest BCUT2D eigenvalue weighted by Crippen LogP contribution is 2.28. The molecule has 2 unspecified atom stereocenters. The molecule has 1 saturated carbocycles. The van der Waals surface area contributed by atoms with E-state index in [1.165, 1.54) is 0 Å². The van der Waals surface area contributed by atoms with Crippen molar-refractivity contribution < 1.29 is 22.6 Å². The lowest BCUT2D eigenvalue weighted by Gasteiger charge is -2.32. The molecule has 7 nitrogen and oxygen atoms in total. The van der Waals surface area contributed by atoms with Crippen molar-refractivity contribution in [2.45, 2.75) is 82.4 Å². The number of ether oxygens (including phenoxy) is 2. The van der Waals surface area contributed by atoms with Crippen LogP contribution < -0.4 is 21.7 Å². The Balaban J connectivity index is 1.50. The van der Waals surface area contributed by atoms with Gasteiger partial charge in [-0.1, -0.05) is 36.2 Å². The van der Waals surface area contributed by atoms with Crippen LogP contribution in [-0.4, -0.2) is 70.2 Å². The number of rotatable bonds is 13. The van der Waals surface area contributed by atoms with Gasteiger partial charge < -0.3 is 25.8 Å². The van der Waals surface area contributed by atoms with Gasteiger partial charge >= 0.3 is 6.18 Å². The number of methoxy groups -OCH3 is 1. The summed E-state index contributed by atoms with van der Waals surface area (Å²) in [6.45, 7) is 4.33. The van der Waals surface area contributed by atoms with Crippen LogP contribution in [0.15, 0.2) is 50.8 Å². The molecule has 1 saturated heterocycles. The van der Waals surface area contributed by atoms with Crippen molar-refractivity contribution in [3.63, 3.8) is 0 Å². The van der Waals surface area contributed by atoms with Crippen molar-refractivity contribution in [2.24, 2.45) is 22.6 Å². The first-order chi connectivity index (χ1) is 19.6. The first-order valence-electron chi connectivity index (χ1n) is 14.4. The van der Waals surface area contributed by atoms with Crippen LogP contribution in [0.4, 0.5) is 13.2 Å². The minimum absolute atomic E-state index is 0.154. The van der Waals surface area contributed by atoms with E-state index in [2.05, 4.69) is 32.6 Å². The fourth-order valence-corrected chi connectivity index (χ4v) is 5.59. The summed E-state index contributed by atoms with van der Waals surface area (Å²) >= 11 is 13.1. The number of alkyl halides is 3. The molecule has 12 heteroatoms. The summed E-state index contributed by atoms with van der Waals surface area (Å²) < 4.78 is 48.4. The lowest BCUT2D eigenvalue weighted by atomic mass is 9.86. The summed E-state index contributed by atoms with van der Waals surface area (Å²) in [5.41, 5.74) is 7.51. The van der Waals surface area contributed by atoms with Gasteiger partial charge in [-0.2, -0.15) is 13.2 Å². The molecule has 3 aliphatic rings. The van der Waals surface area contributed by atoms with Crippen molar-refractivity contribution in [3.8, 4) is 0 Å². The molecule has 2 aliphatic heterocycles. The van der Waals surface area contributed by atoms with E-state index in [1.807, 2.05) is 18.2 Å². The standard InChI is InChI=1S/C29H44Cl2F3N5O2/c1-3-21(37-16-20-10-12-41-13-11-20)8-9-24(30)28(35)23-14-27(38-17-25(23)31)39-22-6-4-19(5-7-22)15-36-18-26(40-2)29(32,33)34/h8-9,14-15,17,19-22,26-27,37-39H,3-7,10-13,16,18,35H2,1-2H3/b9-8-,28-24+,36-15?/t19?,21?,22?,26-,27?/m1/s1. The number of nitrogens with zero attached hydrogens (tertiary/aromatic N) is 1. The molecule has 3 rings (SSSR count). The summed E-state index contributed by atoms with van der Waals surface area (Å²) in [4.78, 5) is 4.01. The molecule has 0 radical (unpaired) electrons. The topological polar surface area (TPSA) is 92.9 Å². The fourth-order valence-electron chi connectivity index (χ4n) is 5.19. The van der Waals surface area contributed by atoms with Gasteiger partial charge in [0.05, 0.1) is 28.5 Å². The molecule has 0 aromatic rings. The molecule has 0 aromatic carbocycles. The monoisotopic (exact) mass is 621 g/mol. The molecule has 0 spiro atoms. The minimum atomic E-state index is -4.41. The average molecular weight is 623 g/mol. The van der Waals surface area contributed by atoms with Crippen LogP contribution in [0.25, 0.3) is 0 Å². The van der Waals surface area contributed by atoms with Crippen molar-refractivity contribution in [3.05, 3.63) is 45.8 Å². The van der Waals surface area contributed by atoms with Gasteiger partial charge in [0.15, 0.2) is 6.10 Å². The smallest absolute Gasteiger partial charge is 0.397 e. The number of dihydropyridines is 1. The lowest BCUT2D eigenvalue weighted by Crippen LogP contribution is -2.47. The first-order valence-corrected chi connectivity index (χ1v) is 15.2. The molecule has 5 N–H and O–H groups in total. The fraction of sp³-hybridized carbons (Fsp3) is 0.690. The van der Waals surface area contributed by atoms with Gasteiger partial charge in [-0.05, 0) is 75.5 Å². The number of allylic oxidation sites excluding steroid dienone is 3. The Bertz CT molecular complexity index is 972. The van der Waals surface area contributed by atoms with Crippen LogP contribution in [0.1, 0.15) is 51.9 Å². The molecule has 3 atom stereocenters. The molecule has 0 amide bonds. The summed E-state index contributed by atoms with van der Waals surface area (Å²) in [6.07, 6.45) is 9.23. The van der Waals surface area contributed by atoms with Gasteiger partial charge in [0, 0.05) is 50.4 Å². The predicted molar refractivity (Wildman–Crippen MR) is 160 cm³/mol. The van der Waals surface area contributed by atoms with E-state index in [0.29, 0.717) is 27.3 Å². The molecule has 2 fully saturated rings. The second kappa shape index (κ2) is 16.9. The lowest BCUT2D eigenvalue weighted by molar-refractivity contribution is -0.208. The largest absolute Gasteiger partial charge is 0.416 e. The first kappa shape index (κ1) is 33.9. The maximum absolute atomic E-state index is 12.8. The summed E-state index contributed by atoms with van der Waals surface area (Å²) in [6, 6.07) is 0.419. The van der Waals surface area contributed by atoms with Crippen LogP contribution in [0, 0.1) is 11.8 Å². The molecule has 0 bridgehead atoms. The van der Waals surface area contributed by atoms with Gasteiger partial charge in [0.25, 0.3) is 0 Å². The summed E-state index contributed by atoms with van der Waals surface area (Å²) in [7, 11) is 1.05. The van der Waals surface area contributed by atoms with E-state index in [4.69, 9.17) is 33.7 Å². The number of halogens is 5. The zero-order chi connectivity index (χ0) is 29.8. The molecule has 232 valence electrons. The van der Waals surface area contributed by atoms with Gasteiger partial charge in [-0.25, -0.2) is 0 Å². The molecule has 1 aliphatic carbocycles. The van der Waals surface area contributed by atoms with Gasteiger partial charge in [0.1, 0.15) is 0 Å². The van der Waals surface area contributed by atoms with Crippen LogP contribution in [-0.2, 0) is 9.47 Å². The van der Waals surface area contributed by atoms with E-state index in [-0.39, 0.29) is 24.2 Å². The Labute approximate surface area is 251 Å². The number of aliphatic imine (C=N–C) groups is 1. The van der Waals surface area contributed by atoms with Gasteiger partial charge in [0.2, 0.25) is 0 Å². The van der Waals surface area contributed by atoms with E-state index in [0.717, 1.165) is 71.8 Å². The molecular formula is C29H44Cl2F3N5O2. The zero-order valence-electron chi connectivity index (χ0n) is 23.9. The normalized spacial score (nSPS) is 26.9. The van der Waals surface area contributed by atoms with Crippen LogP contribution in [0.2, 0.25) is 0 Å².